The maximum absolute atomic E-state index is 13.7. The quantitative estimate of drug-likeness (QED) is 0.840. The lowest BCUT2D eigenvalue weighted by molar-refractivity contribution is 0.316. The van der Waals surface area contributed by atoms with Gasteiger partial charge in [0.25, 0.3) is 0 Å². The molecule has 1 rings (SSSR count). The van der Waals surface area contributed by atoms with Crippen LogP contribution in [0.25, 0.3) is 0 Å². The zero-order valence-electron chi connectivity index (χ0n) is 10.3. The van der Waals surface area contributed by atoms with E-state index in [1.807, 2.05) is 7.05 Å². The average Bonchev–Trinajstić information content (AvgIpc) is 2.13. The van der Waals surface area contributed by atoms with Crippen LogP contribution in [0.1, 0.15) is 38.8 Å². The topological polar surface area (TPSA) is 12.0 Å². The third kappa shape index (κ3) is 3.76. The average molecular weight is 244 g/mol. The van der Waals surface area contributed by atoms with E-state index in [0.717, 1.165) is 6.42 Å². The Balaban J connectivity index is 2.95. The summed E-state index contributed by atoms with van der Waals surface area (Å²) in [6, 6.07) is 4.87. The van der Waals surface area contributed by atoms with Crippen LogP contribution in [-0.2, 0) is 0 Å². The highest BCUT2D eigenvalue weighted by Crippen LogP contribution is 2.31. The minimum atomic E-state index is -0.240. The van der Waals surface area contributed by atoms with Crippen molar-refractivity contribution in [3.63, 3.8) is 0 Å². The zero-order chi connectivity index (χ0) is 12.3. The third-order valence-electron chi connectivity index (χ3n) is 2.50. The molecule has 1 nitrogen and oxygen atoms in total. The first-order valence-corrected chi connectivity index (χ1v) is 5.83. The van der Waals surface area contributed by atoms with Gasteiger partial charge in [-0.15, -0.1) is 0 Å². The van der Waals surface area contributed by atoms with E-state index in [-0.39, 0.29) is 17.3 Å². The van der Waals surface area contributed by atoms with Gasteiger partial charge in [-0.3, -0.25) is 0 Å². The van der Waals surface area contributed by atoms with Crippen LogP contribution in [0.4, 0.5) is 4.39 Å². The minimum Gasteiger partial charge on any atom is -0.313 e. The molecule has 3 heteroatoms. The van der Waals surface area contributed by atoms with Gasteiger partial charge < -0.3 is 5.32 Å². The predicted octanol–water partition coefficient (Wildman–Crippen LogP) is 4.18. The van der Waals surface area contributed by atoms with Crippen LogP contribution >= 0.6 is 11.6 Å². The molecule has 90 valence electrons. The fraction of sp³-hybridized carbons (Fsp3) is 0.538. The monoisotopic (exact) mass is 243 g/mol. The summed E-state index contributed by atoms with van der Waals surface area (Å²) in [7, 11) is 1.85. The van der Waals surface area contributed by atoms with Crippen LogP contribution in [0.2, 0.25) is 5.02 Å². The van der Waals surface area contributed by atoms with E-state index in [0.29, 0.717) is 10.6 Å². The van der Waals surface area contributed by atoms with E-state index in [1.165, 1.54) is 6.07 Å². The molecule has 16 heavy (non-hydrogen) atoms. The Morgan fingerprint density at radius 1 is 1.38 bits per heavy atom. The summed E-state index contributed by atoms with van der Waals surface area (Å²) in [4.78, 5) is 0. The maximum Gasteiger partial charge on any atom is 0.129 e. The second kappa shape index (κ2) is 5.15. The van der Waals surface area contributed by atoms with Gasteiger partial charge in [-0.05, 0) is 31.0 Å². The van der Waals surface area contributed by atoms with E-state index >= 15 is 0 Å². The Kier molecular flexibility index (Phi) is 4.34. The SMILES string of the molecule is CNC(CC(C)(C)C)c1ccc(Cl)cc1F. The third-order valence-corrected chi connectivity index (χ3v) is 2.74. The van der Waals surface area contributed by atoms with E-state index in [9.17, 15) is 4.39 Å². The molecule has 0 aliphatic rings. The maximum atomic E-state index is 13.7. The largest absolute Gasteiger partial charge is 0.313 e. The highest BCUT2D eigenvalue weighted by Gasteiger charge is 2.21. The molecule has 0 aliphatic carbocycles. The Hall–Kier alpha value is -0.600. The van der Waals surface area contributed by atoms with E-state index in [1.54, 1.807) is 12.1 Å². The highest BCUT2D eigenvalue weighted by molar-refractivity contribution is 6.30. The van der Waals surface area contributed by atoms with Gasteiger partial charge in [-0.1, -0.05) is 38.4 Å². The molecule has 0 saturated heterocycles. The molecule has 1 N–H and O–H groups in total. The second-order valence-electron chi connectivity index (χ2n) is 5.27. The van der Waals surface area contributed by atoms with Crippen molar-refractivity contribution in [2.75, 3.05) is 7.05 Å². The van der Waals surface area contributed by atoms with Crippen molar-refractivity contribution in [2.24, 2.45) is 5.41 Å². The first-order valence-electron chi connectivity index (χ1n) is 5.46. The van der Waals surface area contributed by atoms with Gasteiger partial charge in [0.1, 0.15) is 5.82 Å². The van der Waals surface area contributed by atoms with Crippen LogP contribution in [0.5, 0.6) is 0 Å². The lowest BCUT2D eigenvalue weighted by atomic mass is 9.85. The zero-order valence-corrected chi connectivity index (χ0v) is 11.0. The van der Waals surface area contributed by atoms with Crippen LogP contribution in [0.3, 0.4) is 0 Å². The molecule has 0 bridgehead atoms. The first kappa shape index (κ1) is 13.5. The molecular weight excluding hydrogens is 225 g/mol. The van der Waals surface area contributed by atoms with Crippen LogP contribution < -0.4 is 5.32 Å². The second-order valence-corrected chi connectivity index (χ2v) is 5.71. The molecule has 0 aromatic heterocycles. The molecule has 1 aromatic carbocycles. The summed E-state index contributed by atoms with van der Waals surface area (Å²) in [5, 5.41) is 3.59. The molecule has 0 amide bonds. The number of nitrogens with one attached hydrogen (secondary N) is 1. The fourth-order valence-electron chi connectivity index (χ4n) is 1.76. The Bertz CT molecular complexity index is 357. The number of hydrogen-bond donors (Lipinski definition) is 1. The number of benzene rings is 1. The Morgan fingerprint density at radius 2 is 2.00 bits per heavy atom. The van der Waals surface area contributed by atoms with Gasteiger partial charge in [-0.2, -0.15) is 0 Å². The molecule has 0 fully saturated rings. The molecule has 1 aromatic rings. The van der Waals surface area contributed by atoms with Crippen molar-refractivity contribution < 1.29 is 4.39 Å². The molecule has 1 unspecified atom stereocenters. The summed E-state index contributed by atoms with van der Waals surface area (Å²) < 4.78 is 13.7. The Morgan fingerprint density at radius 3 is 2.44 bits per heavy atom. The molecule has 0 spiro atoms. The van der Waals surface area contributed by atoms with E-state index < -0.39 is 0 Å². The minimum absolute atomic E-state index is 0.0252. The van der Waals surface area contributed by atoms with Crippen molar-refractivity contribution in [1.82, 2.24) is 5.32 Å². The van der Waals surface area contributed by atoms with Gasteiger partial charge in [-0.25, -0.2) is 4.39 Å². The van der Waals surface area contributed by atoms with E-state index in [4.69, 9.17) is 11.6 Å². The molecule has 0 saturated carbocycles. The predicted molar refractivity (Wildman–Crippen MR) is 67.3 cm³/mol. The summed E-state index contributed by atoms with van der Waals surface area (Å²) in [5.41, 5.74) is 0.835. The molecule has 0 heterocycles. The number of halogens is 2. The number of hydrogen-bond acceptors (Lipinski definition) is 1. The highest BCUT2D eigenvalue weighted by atomic mass is 35.5. The smallest absolute Gasteiger partial charge is 0.129 e. The van der Waals surface area contributed by atoms with Crippen molar-refractivity contribution in [3.05, 3.63) is 34.6 Å². The fourth-order valence-corrected chi connectivity index (χ4v) is 1.92. The van der Waals surface area contributed by atoms with Gasteiger partial charge in [0.2, 0.25) is 0 Å². The van der Waals surface area contributed by atoms with Crippen LogP contribution in [0, 0.1) is 11.2 Å². The molecule has 0 radical (unpaired) electrons. The van der Waals surface area contributed by atoms with Crippen molar-refractivity contribution >= 4 is 11.6 Å². The summed E-state index contributed by atoms with van der Waals surface area (Å²) in [6.07, 6.45) is 0.877. The van der Waals surface area contributed by atoms with Crippen LogP contribution in [0.15, 0.2) is 18.2 Å². The van der Waals surface area contributed by atoms with Gasteiger partial charge >= 0.3 is 0 Å². The first-order chi connectivity index (χ1) is 7.33. The van der Waals surface area contributed by atoms with Gasteiger partial charge in [0, 0.05) is 16.6 Å². The van der Waals surface area contributed by atoms with Crippen molar-refractivity contribution in [3.8, 4) is 0 Å². The normalized spacial score (nSPS) is 13.9. The van der Waals surface area contributed by atoms with Gasteiger partial charge in [0.05, 0.1) is 0 Å². The van der Waals surface area contributed by atoms with E-state index in [2.05, 4.69) is 26.1 Å². The lowest BCUT2D eigenvalue weighted by Gasteiger charge is -2.26. The summed E-state index contributed by atoms with van der Waals surface area (Å²) >= 11 is 5.74. The summed E-state index contributed by atoms with van der Waals surface area (Å²) in [5.74, 6) is -0.240. The van der Waals surface area contributed by atoms with Crippen molar-refractivity contribution in [2.45, 2.75) is 33.2 Å². The Labute approximate surface area is 102 Å². The molecular formula is C13H19ClFN. The standard InChI is InChI=1S/C13H19ClFN/c1-13(2,3)8-12(16-4)10-6-5-9(14)7-11(10)15/h5-7,12,16H,8H2,1-4H3. The van der Waals surface area contributed by atoms with Crippen molar-refractivity contribution in [1.29, 1.82) is 0 Å². The molecule has 0 aliphatic heterocycles. The lowest BCUT2D eigenvalue weighted by Crippen LogP contribution is -2.23. The number of rotatable bonds is 3. The van der Waals surface area contributed by atoms with Crippen LogP contribution in [-0.4, -0.2) is 7.05 Å². The van der Waals surface area contributed by atoms with Gasteiger partial charge in [0.15, 0.2) is 0 Å². The molecule has 1 atom stereocenters. The summed E-state index contributed by atoms with van der Waals surface area (Å²) in [6.45, 7) is 6.43.